The lowest BCUT2D eigenvalue weighted by Gasteiger charge is -2.14. The van der Waals surface area contributed by atoms with Crippen molar-refractivity contribution < 1.29 is 18.0 Å². The summed E-state index contributed by atoms with van der Waals surface area (Å²) in [6.07, 6.45) is -0.0455. The predicted molar refractivity (Wildman–Crippen MR) is 116 cm³/mol. The largest absolute Gasteiger partial charge is 0.417 e. The number of pyridine rings is 1. The lowest BCUT2D eigenvalue weighted by molar-refractivity contribution is -0.137. The van der Waals surface area contributed by atoms with E-state index in [0.29, 0.717) is 23.5 Å². The van der Waals surface area contributed by atoms with Gasteiger partial charge < -0.3 is 10.3 Å². The van der Waals surface area contributed by atoms with Gasteiger partial charge >= 0.3 is 6.18 Å². The fraction of sp³-hybridized carbons (Fsp3) is 0.217. The summed E-state index contributed by atoms with van der Waals surface area (Å²) < 4.78 is 39.7. The zero-order valence-electron chi connectivity index (χ0n) is 17.9. The molecule has 0 saturated heterocycles. The number of imidazole rings is 1. The highest BCUT2D eigenvalue weighted by Crippen LogP contribution is 2.29. The Labute approximate surface area is 187 Å². The van der Waals surface area contributed by atoms with Crippen molar-refractivity contribution in [3.8, 4) is 17.1 Å². The van der Waals surface area contributed by atoms with Crippen LogP contribution in [0.25, 0.3) is 17.1 Å². The lowest BCUT2D eigenvalue weighted by atomic mass is 10.1. The number of alkyl halides is 3. The van der Waals surface area contributed by atoms with Crippen LogP contribution in [0.3, 0.4) is 0 Å². The smallest absolute Gasteiger partial charge is 0.342 e. The fourth-order valence-electron chi connectivity index (χ4n) is 3.42. The number of carbonyl (C=O) groups excluding carboxylic acids is 1. The summed E-state index contributed by atoms with van der Waals surface area (Å²) in [5.74, 6) is 0.444. The molecule has 7 nitrogen and oxygen atoms in total. The van der Waals surface area contributed by atoms with Gasteiger partial charge in [-0.1, -0.05) is 37.3 Å². The summed E-state index contributed by atoms with van der Waals surface area (Å²) in [6.45, 7) is 3.58. The van der Waals surface area contributed by atoms with Crippen molar-refractivity contribution in [2.75, 3.05) is 0 Å². The van der Waals surface area contributed by atoms with Crippen molar-refractivity contribution in [2.45, 2.75) is 32.5 Å². The maximum atomic E-state index is 12.9. The van der Waals surface area contributed by atoms with Crippen LogP contribution in [-0.4, -0.2) is 30.6 Å². The third-order valence-electron chi connectivity index (χ3n) is 5.27. The average molecular weight is 454 g/mol. The molecule has 1 atom stereocenters. The van der Waals surface area contributed by atoms with E-state index in [9.17, 15) is 18.0 Å². The van der Waals surface area contributed by atoms with Gasteiger partial charge in [0.05, 0.1) is 41.0 Å². The van der Waals surface area contributed by atoms with Crippen LogP contribution < -0.4 is 5.32 Å². The van der Waals surface area contributed by atoms with Gasteiger partial charge in [0.15, 0.2) is 5.82 Å². The second kappa shape index (κ2) is 8.89. The van der Waals surface area contributed by atoms with Gasteiger partial charge in [-0.05, 0) is 31.0 Å². The molecule has 1 aromatic carbocycles. The standard InChI is InChI=1S/C23H21F3N6O/c1-3-18(21-28-13-19(30-21)15-7-5-4-6-8-15)31-22(33)17-12-29-32(14(17)2)20-10-9-16(11-27-20)23(24,25)26/h4-13,18H,3H2,1-2H3,(H,28,30)(H,31,33). The normalized spacial score (nSPS) is 12.5. The van der Waals surface area contributed by atoms with E-state index in [1.165, 1.54) is 16.9 Å². The Bertz CT molecular complexity index is 1250. The van der Waals surface area contributed by atoms with Gasteiger partial charge in [0.1, 0.15) is 5.82 Å². The van der Waals surface area contributed by atoms with E-state index in [1.54, 1.807) is 13.1 Å². The Morgan fingerprint density at radius 1 is 1.09 bits per heavy atom. The summed E-state index contributed by atoms with van der Waals surface area (Å²) in [7, 11) is 0. The number of aromatic nitrogens is 5. The van der Waals surface area contributed by atoms with Crippen molar-refractivity contribution in [3.63, 3.8) is 0 Å². The van der Waals surface area contributed by atoms with Gasteiger partial charge in [-0.3, -0.25) is 4.79 Å². The Morgan fingerprint density at radius 2 is 1.85 bits per heavy atom. The molecule has 0 radical (unpaired) electrons. The molecular weight excluding hydrogens is 433 g/mol. The first kappa shape index (κ1) is 22.3. The number of rotatable bonds is 6. The van der Waals surface area contributed by atoms with E-state index in [4.69, 9.17) is 0 Å². The molecule has 3 aromatic heterocycles. The molecular formula is C23H21F3N6O. The van der Waals surface area contributed by atoms with E-state index < -0.39 is 11.7 Å². The van der Waals surface area contributed by atoms with Gasteiger partial charge in [0.2, 0.25) is 0 Å². The highest BCUT2D eigenvalue weighted by molar-refractivity contribution is 5.95. The topological polar surface area (TPSA) is 88.5 Å². The van der Waals surface area contributed by atoms with Gasteiger partial charge in [-0.25, -0.2) is 14.6 Å². The van der Waals surface area contributed by atoms with Crippen molar-refractivity contribution in [1.29, 1.82) is 0 Å². The average Bonchev–Trinajstić information content (AvgIpc) is 3.45. The van der Waals surface area contributed by atoms with Crippen LogP contribution in [0.5, 0.6) is 0 Å². The van der Waals surface area contributed by atoms with E-state index in [2.05, 4.69) is 25.4 Å². The number of aromatic amines is 1. The summed E-state index contributed by atoms with van der Waals surface area (Å²) >= 11 is 0. The van der Waals surface area contributed by atoms with Crippen LogP contribution in [0.4, 0.5) is 13.2 Å². The molecule has 3 heterocycles. The maximum Gasteiger partial charge on any atom is 0.417 e. The number of hydrogen-bond acceptors (Lipinski definition) is 4. The molecule has 0 aliphatic rings. The van der Waals surface area contributed by atoms with Crippen molar-refractivity contribution in [2.24, 2.45) is 0 Å². The highest BCUT2D eigenvalue weighted by Gasteiger charge is 2.31. The zero-order valence-corrected chi connectivity index (χ0v) is 17.9. The van der Waals surface area contributed by atoms with E-state index in [0.717, 1.165) is 23.5 Å². The molecule has 4 aromatic rings. The first-order chi connectivity index (χ1) is 15.8. The lowest BCUT2D eigenvalue weighted by Crippen LogP contribution is -2.29. The van der Waals surface area contributed by atoms with Gasteiger partial charge in [0, 0.05) is 6.20 Å². The number of halogens is 3. The van der Waals surface area contributed by atoms with Crippen LogP contribution in [0.15, 0.2) is 61.1 Å². The third-order valence-corrected chi connectivity index (χ3v) is 5.27. The minimum Gasteiger partial charge on any atom is -0.342 e. The summed E-state index contributed by atoms with van der Waals surface area (Å²) in [6, 6.07) is 11.5. The Morgan fingerprint density at radius 3 is 2.48 bits per heavy atom. The number of carbonyl (C=O) groups is 1. The first-order valence-electron chi connectivity index (χ1n) is 10.3. The summed E-state index contributed by atoms with van der Waals surface area (Å²) in [5, 5.41) is 7.08. The van der Waals surface area contributed by atoms with Gasteiger partial charge in [-0.2, -0.15) is 18.3 Å². The van der Waals surface area contributed by atoms with Crippen LogP contribution >= 0.6 is 0 Å². The Kier molecular flexibility index (Phi) is 5.99. The molecule has 0 fully saturated rings. The van der Waals surface area contributed by atoms with Crippen LogP contribution in [0.2, 0.25) is 0 Å². The monoisotopic (exact) mass is 454 g/mol. The molecule has 170 valence electrons. The number of hydrogen-bond donors (Lipinski definition) is 2. The third kappa shape index (κ3) is 4.64. The molecule has 1 unspecified atom stereocenters. The summed E-state index contributed by atoms with van der Waals surface area (Å²) in [4.78, 5) is 24.5. The number of nitrogens with one attached hydrogen (secondary N) is 2. The molecule has 0 aliphatic carbocycles. The molecule has 10 heteroatoms. The van der Waals surface area contributed by atoms with Gasteiger partial charge in [-0.15, -0.1) is 0 Å². The molecule has 4 rings (SSSR count). The van der Waals surface area contributed by atoms with Gasteiger partial charge in [0.25, 0.3) is 5.91 Å². The van der Waals surface area contributed by atoms with Crippen molar-refractivity contribution in [3.05, 3.63) is 83.7 Å². The molecule has 1 amide bonds. The number of amides is 1. The van der Waals surface area contributed by atoms with Crippen LogP contribution in [-0.2, 0) is 6.18 Å². The molecule has 0 bridgehead atoms. The van der Waals surface area contributed by atoms with Crippen molar-refractivity contribution in [1.82, 2.24) is 30.0 Å². The molecule has 0 aliphatic heterocycles. The molecule has 33 heavy (non-hydrogen) atoms. The van der Waals surface area contributed by atoms with E-state index in [-0.39, 0.29) is 17.8 Å². The van der Waals surface area contributed by atoms with Crippen molar-refractivity contribution >= 4 is 5.91 Å². The fourth-order valence-corrected chi connectivity index (χ4v) is 3.42. The maximum absolute atomic E-state index is 12.9. The number of nitrogens with zero attached hydrogens (tertiary/aromatic N) is 4. The zero-order chi connectivity index (χ0) is 23.6. The molecule has 0 saturated carbocycles. The second-order valence-corrected chi connectivity index (χ2v) is 7.44. The minimum atomic E-state index is -4.48. The molecule has 0 spiro atoms. The molecule has 2 N–H and O–H groups in total. The quantitative estimate of drug-likeness (QED) is 0.435. The minimum absolute atomic E-state index is 0.185. The van der Waals surface area contributed by atoms with E-state index >= 15 is 0 Å². The Balaban J connectivity index is 1.52. The second-order valence-electron chi connectivity index (χ2n) is 7.44. The SMILES string of the molecule is CCC(NC(=O)c1cnn(-c2ccc(C(F)(F)F)cn2)c1C)c1ncc(-c2ccccc2)[nH]1. The number of benzene rings is 1. The highest BCUT2D eigenvalue weighted by atomic mass is 19.4. The first-order valence-corrected chi connectivity index (χ1v) is 10.3. The Hall–Kier alpha value is -3.95. The number of H-pyrrole nitrogens is 1. The van der Waals surface area contributed by atoms with Crippen LogP contribution in [0, 0.1) is 6.92 Å². The van der Waals surface area contributed by atoms with E-state index in [1.807, 2.05) is 37.3 Å². The predicted octanol–water partition coefficient (Wildman–Crippen LogP) is 4.87. The summed E-state index contributed by atoms with van der Waals surface area (Å²) in [5.41, 5.74) is 1.73. The van der Waals surface area contributed by atoms with Crippen LogP contribution in [0.1, 0.15) is 46.8 Å².